The van der Waals surface area contributed by atoms with Crippen molar-refractivity contribution in [3.05, 3.63) is 107 Å². The van der Waals surface area contributed by atoms with Crippen molar-refractivity contribution in [2.24, 2.45) is 0 Å². The summed E-state index contributed by atoms with van der Waals surface area (Å²) in [6.45, 7) is 0.477. The lowest BCUT2D eigenvalue weighted by atomic mass is 10.00. The van der Waals surface area contributed by atoms with Crippen LogP contribution in [0.3, 0.4) is 0 Å². The van der Waals surface area contributed by atoms with Crippen molar-refractivity contribution in [3.63, 3.8) is 0 Å². The molecule has 0 bridgehead atoms. The Kier molecular flexibility index (Phi) is 7.01. The molecule has 2 unspecified atom stereocenters. The number of benzene rings is 3. The topological polar surface area (TPSA) is 56.5 Å². The molecule has 4 aromatic rings. The van der Waals surface area contributed by atoms with E-state index in [9.17, 15) is 9.50 Å². The Labute approximate surface area is 227 Å². The zero-order valence-corrected chi connectivity index (χ0v) is 22.0. The second kappa shape index (κ2) is 10.4. The van der Waals surface area contributed by atoms with Crippen molar-refractivity contribution >= 4 is 34.1 Å². The first kappa shape index (κ1) is 24.9. The van der Waals surface area contributed by atoms with Crippen LogP contribution in [0.1, 0.15) is 17.9 Å². The standard InChI is InChI=1S/C28H25Cl2FN2O3S/c29-21-10-9-20(12-22(21)30)37-15-24(34)26(33-13-23(32-16-33)18-7-4-8-19(31)11-18)27-25(37)14-35-28(36-27)17-5-2-1-3-6-17/h1-13,16,24-28,34,37H,14-15H2/t24-,25+,26+,27-,28?/m0/s1. The summed E-state index contributed by atoms with van der Waals surface area (Å²) in [5.41, 5.74) is 2.23. The molecule has 0 amide bonds. The number of halogens is 3. The zero-order chi connectivity index (χ0) is 25.5. The number of aliphatic hydroxyl groups is 1. The van der Waals surface area contributed by atoms with Gasteiger partial charge in [-0.25, -0.2) is 20.3 Å². The van der Waals surface area contributed by atoms with Gasteiger partial charge in [-0.05, 0) is 35.2 Å². The van der Waals surface area contributed by atoms with Crippen molar-refractivity contribution < 1.29 is 19.0 Å². The fourth-order valence-electron chi connectivity index (χ4n) is 5.20. The van der Waals surface area contributed by atoms with Gasteiger partial charge < -0.3 is 19.1 Å². The predicted octanol–water partition coefficient (Wildman–Crippen LogP) is 6.45. The lowest BCUT2D eigenvalue weighted by Crippen LogP contribution is -2.53. The van der Waals surface area contributed by atoms with Gasteiger partial charge in [-0.15, -0.1) is 0 Å². The molecule has 3 heterocycles. The fourth-order valence-corrected chi connectivity index (χ4v) is 8.49. The summed E-state index contributed by atoms with van der Waals surface area (Å²) in [6.07, 6.45) is 1.94. The van der Waals surface area contributed by atoms with Crippen molar-refractivity contribution in [1.29, 1.82) is 0 Å². The van der Waals surface area contributed by atoms with Crippen LogP contribution in [-0.2, 0) is 9.47 Å². The van der Waals surface area contributed by atoms with Crippen LogP contribution in [0.15, 0.2) is 90.2 Å². The van der Waals surface area contributed by atoms with Crippen LogP contribution in [-0.4, -0.2) is 44.5 Å². The summed E-state index contributed by atoms with van der Waals surface area (Å²) in [5.74, 6) is 0.227. The van der Waals surface area contributed by atoms with E-state index in [1.807, 2.05) is 59.3 Å². The highest BCUT2D eigenvalue weighted by Gasteiger charge is 2.48. The largest absolute Gasteiger partial charge is 0.390 e. The Bertz CT molecular complexity index is 1410. The van der Waals surface area contributed by atoms with E-state index < -0.39 is 29.3 Å². The van der Waals surface area contributed by atoms with Crippen molar-refractivity contribution in [3.8, 4) is 11.3 Å². The van der Waals surface area contributed by atoms with E-state index in [0.29, 0.717) is 33.7 Å². The zero-order valence-electron chi connectivity index (χ0n) is 19.6. The SMILES string of the molecule is O[C@H]1C[SH](c2ccc(Cl)c(Cl)c2)[C@@H]2COC(c3ccccc3)O[C@@H]2[C@@H]1n1cnc(-c2cccc(F)c2)c1. The Balaban J connectivity index is 1.37. The Morgan fingerprint density at radius 1 is 1.00 bits per heavy atom. The van der Waals surface area contributed by atoms with Gasteiger partial charge in [-0.3, -0.25) is 0 Å². The number of thiol groups is 1. The van der Waals surface area contributed by atoms with Crippen LogP contribution in [0.2, 0.25) is 10.0 Å². The van der Waals surface area contributed by atoms with Gasteiger partial charge in [0.1, 0.15) is 5.82 Å². The number of imidazole rings is 1. The average Bonchev–Trinajstić information content (AvgIpc) is 3.40. The Morgan fingerprint density at radius 2 is 1.84 bits per heavy atom. The van der Waals surface area contributed by atoms with Crippen molar-refractivity contribution in [2.45, 2.75) is 34.7 Å². The molecule has 0 spiro atoms. The molecule has 1 aromatic heterocycles. The minimum absolute atomic E-state index is 0.0145. The first-order valence-corrected chi connectivity index (χ1v) is 14.3. The molecule has 6 rings (SSSR count). The summed E-state index contributed by atoms with van der Waals surface area (Å²) < 4.78 is 28.6. The molecule has 0 saturated carbocycles. The number of rotatable bonds is 4. The maximum atomic E-state index is 13.8. The van der Waals surface area contributed by atoms with Crippen LogP contribution in [0.5, 0.6) is 0 Å². The van der Waals surface area contributed by atoms with E-state index in [0.717, 1.165) is 10.5 Å². The average molecular weight is 559 g/mol. The predicted molar refractivity (Wildman–Crippen MR) is 145 cm³/mol. The lowest BCUT2D eigenvalue weighted by Gasteiger charge is -2.51. The highest BCUT2D eigenvalue weighted by Crippen LogP contribution is 2.54. The lowest BCUT2D eigenvalue weighted by molar-refractivity contribution is -0.231. The summed E-state index contributed by atoms with van der Waals surface area (Å²) >= 11 is 12.5. The number of hydrogen-bond donors (Lipinski definition) is 2. The molecule has 9 heteroatoms. The Hall–Kier alpha value is -2.39. The van der Waals surface area contributed by atoms with Gasteiger partial charge in [0.2, 0.25) is 0 Å². The molecule has 6 atom stereocenters. The first-order chi connectivity index (χ1) is 18.0. The second-order valence-electron chi connectivity index (χ2n) is 9.27. The summed E-state index contributed by atoms with van der Waals surface area (Å²) in [7, 11) is -0.865. The highest BCUT2D eigenvalue weighted by atomic mass is 35.5. The van der Waals surface area contributed by atoms with Crippen molar-refractivity contribution in [2.75, 3.05) is 12.4 Å². The number of aromatic nitrogens is 2. The van der Waals surface area contributed by atoms with Crippen molar-refractivity contribution in [1.82, 2.24) is 9.55 Å². The van der Waals surface area contributed by atoms with Crippen LogP contribution in [0.25, 0.3) is 11.3 Å². The van der Waals surface area contributed by atoms with E-state index in [1.165, 1.54) is 12.1 Å². The van der Waals surface area contributed by atoms with Gasteiger partial charge in [-0.1, -0.05) is 65.7 Å². The smallest absolute Gasteiger partial charge is 0.184 e. The number of nitrogens with zero attached hydrogens (tertiary/aromatic N) is 2. The van der Waals surface area contributed by atoms with Gasteiger partial charge in [0.15, 0.2) is 6.29 Å². The van der Waals surface area contributed by atoms with Gasteiger partial charge in [-0.2, -0.15) is 0 Å². The first-order valence-electron chi connectivity index (χ1n) is 12.0. The summed E-state index contributed by atoms with van der Waals surface area (Å²) in [6, 6.07) is 21.4. The minimum Gasteiger partial charge on any atom is -0.390 e. The van der Waals surface area contributed by atoms with Gasteiger partial charge in [0, 0.05) is 28.3 Å². The van der Waals surface area contributed by atoms with E-state index in [2.05, 4.69) is 4.98 Å². The minimum atomic E-state index is -0.865. The molecule has 3 aromatic carbocycles. The molecule has 2 aliphatic rings. The molecule has 0 radical (unpaired) electrons. The molecular weight excluding hydrogens is 534 g/mol. The molecule has 5 nitrogen and oxygen atoms in total. The summed E-state index contributed by atoms with van der Waals surface area (Å²) in [5, 5.41) is 12.5. The molecule has 2 fully saturated rings. The van der Waals surface area contributed by atoms with Gasteiger partial charge >= 0.3 is 0 Å². The molecular formula is C28H25Cl2FN2O3S. The highest BCUT2D eigenvalue weighted by molar-refractivity contribution is 8.17. The molecule has 37 heavy (non-hydrogen) atoms. The number of ether oxygens (including phenoxy) is 2. The number of hydrogen-bond acceptors (Lipinski definition) is 4. The maximum absolute atomic E-state index is 13.8. The normalized spacial score (nSPS) is 28.5. The maximum Gasteiger partial charge on any atom is 0.184 e. The third-order valence-corrected chi connectivity index (χ3v) is 10.7. The van der Waals surface area contributed by atoms with Crippen LogP contribution in [0, 0.1) is 5.82 Å². The van der Waals surface area contributed by atoms with Crippen LogP contribution >= 0.6 is 34.1 Å². The van der Waals surface area contributed by atoms with E-state index in [-0.39, 0.29) is 17.2 Å². The quantitative estimate of drug-likeness (QED) is 0.282. The molecule has 2 aliphatic heterocycles. The molecule has 0 aliphatic carbocycles. The third kappa shape index (κ3) is 4.92. The molecule has 1 N–H and O–H groups in total. The monoisotopic (exact) mass is 558 g/mol. The van der Waals surface area contributed by atoms with Crippen LogP contribution in [0.4, 0.5) is 4.39 Å². The van der Waals surface area contributed by atoms with Crippen LogP contribution < -0.4 is 0 Å². The molecule has 192 valence electrons. The number of fused-ring (bicyclic) bond motifs is 1. The number of aliphatic hydroxyl groups excluding tert-OH is 1. The van der Waals surface area contributed by atoms with E-state index in [4.69, 9.17) is 32.7 Å². The summed E-state index contributed by atoms with van der Waals surface area (Å²) in [4.78, 5) is 5.57. The third-order valence-electron chi connectivity index (χ3n) is 6.97. The second-order valence-corrected chi connectivity index (χ2v) is 12.6. The van der Waals surface area contributed by atoms with E-state index in [1.54, 1.807) is 18.5 Å². The molecule has 2 saturated heterocycles. The fraction of sp³-hybridized carbons (Fsp3) is 0.250. The van der Waals surface area contributed by atoms with Gasteiger partial charge in [0.05, 0.1) is 46.9 Å². The van der Waals surface area contributed by atoms with Gasteiger partial charge in [0.25, 0.3) is 0 Å². The Morgan fingerprint density at radius 3 is 2.62 bits per heavy atom. The van der Waals surface area contributed by atoms with E-state index >= 15 is 0 Å².